The lowest BCUT2D eigenvalue weighted by Crippen LogP contribution is -2.50. The fraction of sp³-hybridized carbons (Fsp3) is 0.917. The maximum Gasteiger partial charge on any atom is 0.237 e. The summed E-state index contributed by atoms with van der Waals surface area (Å²) in [7, 11) is 0. The van der Waals surface area contributed by atoms with Crippen LogP contribution < -0.4 is 11.1 Å². The molecule has 100 valence electrons. The van der Waals surface area contributed by atoms with Crippen LogP contribution in [0.4, 0.5) is 0 Å². The molecular weight excluding hydrogens is 331 g/mol. The van der Waals surface area contributed by atoms with E-state index in [9.17, 15) is 9.90 Å². The molecule has 0 aromatic carbocycles. The Balaban J connectivity index is 2.41. The summed E-state index contributed by atoms with van der Waals surface area (Å²) in [6, 6.07) is -0.248. The summed E-state index contributed by atoms with van der Waals surface area (Å²) in [6.45, 7) is 4.01. The number of nitrogens with two attached hydrogens (primary N) is 1. The minimum atomic E-state index is -0.422. The predicted molar refractivity (Wildman–Crippen MR) is 77.0 cm³/mol. The van der Waals surface area contributed by atoms with Gasteiger partial charge in [0, 0.05) is 10.5 Å². The van der Waals surface area contributed by atoms with E-state index in [-0.39, 0.29) is 29.9 Å². The molecule has 1 aliphatic rings. The Hall–Kier alpha value is 0.120. The van der Waals surface area contributed by atoms with Crippen molar-refractivity contribution in [3.8, 4) is 0 Å². The standard InChI is InChI=1S/C12H23IN2O2/c1-7-5-9(3-4-10(7)16)15-12(17)11(14)8(2)6-13/h7-11,16H,3-6,14H2,1-2H3,(H,15,17)/t7-,8?,9?,10-,11+/m0/s1. The Bertz CT molecular complexity index is 263. The number of hydrogen-bond acceptors (Lipinski definition) is 3. The molecular formula is C12H23IN2O2. The fourth-order valence-corrected chi connectivity index (χ4v) is 2.71. The highest BCUT2D eigenvalue weighted by Gasteiger charge is 2.29. The number of aliphatic hydroxyl groups excluding tert-OH is 1. The lowest BCUT2D eigenvalue weighted by Gasteiger charge is -2.32. The number of hydrogen-bond donors (Lipinski definition) is 3. The van der Waals surface area contributed by atoms with E-state index in [1.807, 2.05) is 13.8 Å². The first-order chi connectivity index (χ1) is 7.95. The number of aliphatic hydroxyl groups is 1. The van der Waals surface area contributed by atoms with Gasteiger partial charge in [-0.2, -0.15) is 0 Å². The number of carbonyl (C=O) groups excluding carboxylic acids is 1. The van der Waals surface area contributed by atoms with Gasteiger partial charge in [-0.05, 0) is 31.1 Å². The van der Waals surface area contributed by atoms with Crippen LogP contribution in [0.15, 0.2) is 0 Å². The lowest BCUT2D eigenvalue weighted by atomic mass is 9.84. The van der Waals surface area contributed by atoms with Gasteiger partial charge in [0.1, 0.15) is 0 Å². The Morgan fingerprint density at radius 2 is 2.24 bits per heavy atom. The molecule has 0 heterocycles. The minimum absolute atomic E-state index is 0.0530. The van der Waals surface area contributed by atoms with Gasteiger partial charge in [-0.3, -0.25) is 4.79 Å². The van der Waals surface area contributed by atoms with Crippen molar-refractivity contribution in [2.24, 2.45) is 17.6 Å². The van der Waals surface area contributed by atoms with Gasteiger partial charge in [-0.1, -0.05) is 36.4 Å². The molecule has 0 aromatic heterocycles. The molecule has 4 nitrogen and oxygen atoms in total. The smallest absolute Gasteiger partial charge is 0.237 e. The van der Waals surface area contributed by atoms with Crippen LogP contribution in [-0.2, 0) is 4.79 Å². The topological polar surface area (TPSA) is 75.4 Å². The summed E-state index contributed by atoms with van der Waals surface area (Å²) in [4.78, 5) is 11.9. The fourth-order valence-electron chi connectivity index (χ4n) is 2.16. The Kier molecular flexibility index (Phi) is 6.16. The van der Waals surface area contributed by atoms with Gasteiger partial charge in [0.15, 0.2) is 0 Å². The van der Waals surface area contributed by atoms with Crippen molar-refractivity contribution in [1.82, 2.24) is 5.32 Å². The molecule has 0 aliphatic heterocycles. The highest BCUT2D eigenvalue weighted by atomic mass is 127. The van der Waals surface area contributed by atoms with Gasteiger partial charge < -0.3 is 16.2 Å². The first kappa shape index (κ1) is 15.2. The molecule has 4 N–H and O–H groups in total. The maximum atomic E-state index is 11.9. The van der Waals surface area contributed by atoms with Crippen molar-refractivity contribution in [2.45, 2.75) is 51.3 Å². The molecule has 2 unspecified atom stereocenters. The normalized spacial score (nSPS) is 32.9. The molecule has 0 aromatic rings. The maximum absolute atomic E-state index is 11.9. The monoisotopic (exact) mass is 354 g/mol. The minimum Gasteiger partial charge on any atom is -0.393 e. The second-order valence-electron chi connectivity index (χ2n) is 5.22. The second kappa shape index (κ2) is 6.89. The molecule has 1 amide bonds. The zero-order chi connectivity index (χ0) is 13.0. The molecule has 1 aliphatic carbocycles. The van der Waals surface area contributed by atoms with Crippen molar-refractivity contribution in [3.05, 3.63) is 0 Å². The van der Waals surface area contributed by atoms with E-state index in [2.05, 4.69) is 27.9 Å². The summed E-state index contributed by atoms with van der Waals surface area (Å²) in [5.74, 6) is 0.400. The number of nitrogens with one attached hydrogen (secondary N) is 1. The van der Waals surface area contributed by atoms with E-state index >= 15 is 0 Å². The van der Waals surface area contributed by atoms with E-state index in [4.69, 9.17) is 5.73 Å². The molecule has 1 fully saturated rings. The van der Waals surface area contributed by atoms with Gasteiger partial charge in [-0.25, -0.2) is 0 Å². The van der Waals surface area contributed by atoms with Crippen LogP contribution >= 0.6 is 22.6 Å². The highest BCUT2D eigenvalue weighted by molar-refractivity contribution is 14.1. The van der Waals surface area contributed by atoms with Crippen LogP contribution in [0.1, 0.15) is 33.1 Å². The van der Waals surface area contributed by atoms with Crippen molar-refractivity contribution in [1.29, 1.82) is 0 Å². The van der Waals surface area contributed by atoms with Crippen molar-refractivity contribution in [3.63, 3.8) is 0 Å². The van der Waals surface area contributed by atoms with E-state index in [1.165, 1.54) is 0 Å². The third-order valence-corrected chi connectivity index (χ3v) is 5.02. The van der Waals surface area contributed by atoms with Crippen LogP contribution in [0.25, 0.3) is 0 Å². The van der Waals surface area contributed by atoms with Gasteiger partial charge >= 0.3 is 0 Å². The van der Waals surface area contributed by atoms with E-state index < -0.39 is 6.04 Å². The zero-order valence-electron chi connectivity index (χ0n) is 10.5. The summed E-state index contributed by atoms with van der Waals surface area (Å²) in [6.07, 6.45) is 2.24. The van der Waals surface area contributed by atoms with Crippen LogP contribution in [0.2, 0.25) is 0 Å². The third-order valence-electron chi connectivity index (χ3n) is 3.63. The first-order valence-corrected chi connectivity index (χ1v) is 7.78. The molecule has 1 saturated carbocycles. The molecule has 0 bridgehead atoms. The van der Waals surface area contributed by atoms with Crippen LogP contribution in [-0.4, -0.2) is 33.6 Å². The van der Waals surface area contributed by atoms with Crippen molar-refractivity contribution in [2.75, 3.05) is 4.43 Å². The van der Waals surface area contributed by atoms with Crippen LogP contribution in [0, 0.1) is 11.8 Å². The summed E-state index contributed by atoms with van der Waals surface area (Å²) < 4.78 is 0.881. The Morgan fingerprint density at radius 1 is 1.59 bits per heavy atom. The molecule has 0 radical (unpaired) electrons. The van der Waals surface area contributed by atoms with Gasteiger partial charge in [-0.15, -0.1) is 0 Å². The number of rotatable bonds is 4. The van der Waals surface area contributed by atoms with Crippen molar-refractivity contribution >= 4 is 28.5 Å². The molecule has 0 saturated heterocycles. The van der Waals surface area contributed by atoms with Crippen LogP contribution in [0.3, 0.4) is 0 Å². The average Bonchev–Trinajstić information content (AvgIpc) is 2.31. The van der Waals surface area contributed by atoms with Crippen molar-refractivity contribution < 1.29 is 9.90 Å². The summed E-state index contributed by atoms with van der Waals surface area (Å²) in [5, 5.41) is 12.6. The predicted octanol–water partition coefficient (Wildman–Crippen LogP) is 1.05. The van der Waals surface area contributed by atoms with Gasteiger partial charge in [0.25, 0.3) is 0 Å². The number of carbonyl (C=O) groups is 1. The molecule has 5 atom stereocenters. The van der Waals surface area contributed by atoms with Crippen LogP contribution in [0.5, 0.6) is 0 Å². The quantitative estimate of drug-likeness (QED) is 0.522. The SMILES string of the molecule is CC(CI)[C@@H](N)C(=O)NC1CC[C@H](O)[C@@H](C)C1. The lowest BCUT2D eigenvalue weighted by molar-refractivity contribution is -0.124. The Labute approximate surface area is 117 Å². The zero-order valence-corrected chi connectivity index (χ0v) is 12.7. The highest BCUT2D eigenvalue weighted by Crippen LogP contribution is 2.24. The summed E-state index contributed by atoms with van der Waals surface area (Å²) >= 11 is 2.25. The molecule has 0 spiro atoms. The number of alkyl halides is 1. The molecule has 17 heavy (non-hydrogen) atoms. The average molecular weight is 354 g/mol. The molecule has 5 heteroatoms. The Morgan fingerprint density at radius 3 is 2.76 bits per heavy atom. The van der Waals surface area contributed by atoms with E-state index in [0.717, 1.165) is 23.7 Å². The van der Waals surface area contributed by atoms with Gasteiger partial charge in [0.2, 0.25) is 5.91 Å². The summed E-state index contributed by atoms with van der Waals surface area (Å²) in [5.41, 5.74) is 5.88. The van der Waals surface area contributed by atoms with Gasteiger partial charge in [0.05, 0.1) is 12.1 Å². The second-order valence-corrected chi connectivity index (χ2v) is 6.10. The van der Waals surface area contributed by atoms with E-state index in [0.29, 0.717) is 0 Å². The van der Waals surface area contributed by atoms with E-state index in [1.54, 1.807) is 0 Å². The number of halogens is 1. The largest absolute Gasteiger partial charge is 0.393 e. The molecule has 1 rings (SSSR count). The number of amides is 1. The third kappa shape index (κ3) is 4.37. The first-order valence-electron chi connectivity index (χ1n) is 6.25.